The highest BCUT2D eigenvalue weighted by molar-refractivity contribution is 8.01. The molecule has 0 amide bonds. The Morgan fingerprint density at radius 1 is 1.00 bits per heavy atom. The fourth-order valence-electron chi connectivity index (χ4n) is 3.27. The number of aryl methyl sites for hydroxylation is 1. The standard InChI is InChI=1S/C22H13F6NO3S2/c1-11-3-2-4-12(7-11)15-9-18(30)32-16-8-13(5-6-14(15)16)33-19-29-10-17(34-19)20(31,21(23,24)25)22(26,27)28/h2-10,31H,1H3. The van der Waals surface area contributed by atoms with Crippen molar-refractivity contribution in [3.8, 4) is 11.1 Å². The summed E-state index contributed by atoms with van der Waals surface area (Å²) in [4.78, 5) is 14.7. The molecule has 0 radical (unpaired) electrons. The lowest BCUT2D eigenvalue weighted by Crippen LogP contribution is -2.53. The molecule has 4 nitrogen and oxygen atoms in total. The molecule has 4 aromatic rings. The molecule has 0 unspecified atom stereocenters. The summed E-state index contributed by atoms with van der Waals surface area (Å²) in [7, 11) is 0. The van der Waals surface area contributed by atoms with Crippen molar-refractivity contribution in [3.63, 3.8) is 0 Å². The number of fused-ring (bicyclic) bond motifs is 1. The Labute approximate surface area is 195 Å². The average molecular weight is 517 g/mol. The molecule has 2 aromatic heterocycles. The van der Waals surface area contributed by atoms with E-state index in [9.17, 15) is 36.2 Å². The van der Waals surface area contributed by atoms with Gasteiger partial charge in [-0.25, -0.2) is 9.78 Å². The summed E-state index contributed by atoms with van der Waals surface area (Å²) in [6, 6.07) is 13.4. The van der Waals surface area contributed by atoms with Crippen LogP contribution in [0.1, 0.15) is 10.4 Å². The van der Waals surface area contributed by atoms with Crippen LogP contribution in [-0.4, -0.2) is 22.4 Å². The van der Waals surface area contributed by atoms with Gasteiger partial charge in [0, 0.05) is 22.5 Å². The molecule has 0 atom stereocenters. The minimum Gasteiger partial charge on any atom is -0.423 e. The van der Waals surface area contributed by atoms with Gasteiger partial charge in [-0.2, -0.15) is 26.3 Å². The molecule has 0 saturated heterocycles. The van der Waals surface area contributed by atoms with Crippen molar-refractivity contribution in [2.45, 2.75) is 34.1 Å². The van der Waals surface area contributed by atoms with Crippen molar-refractivity contribution in [2.24, 2.45) is 0 Å². The van der Waals surface area contributed by atoms with E-state index in [1.54, 1.807) is 12.1 Å². The molecule has 0 bridgehead atoms. The van der Waals surface area contributed by atoms with Crippen LogP contribution in [0, 0.1) is 6.92 Å². The van der Waals surface area contributed by atoms with Crippen molar-refractivity contribution in [1.29, 1.82) is 0 Å². The molecule has 12 heteroatoms. The number of rotatable bonds is 4. The minimum absolute atomic E-state index is 0.0681. The first-order valence-electron chi connectivity index (χ1n) is 9.44. The second-order valence-electron chi connectivity index (χ2n) is 7.30. The van der Waals surface area contributed by atoms with Gasteiger partial charge in [0.15, 0.2) is 4.34 Å². The second kappa shape index (κ2) is 8.43. The lowest BCUT2D eigenvalue weighted by Gasteiger charge is -2.30. The van der Waals surface area contributed by atoms with Gasteiger partial charge in [0.05, 0.1) is 4.88 Å². The van der Waals surface area contributed by atoms with E-state index in [1.165, 1.54) is 12.1 Å². The van der Waals surface area contributed by atoms with Crippen LogP contribution in [0.25, 0.3) is 22.1 Å². The molecule has 0 aliphatic heterocycles. The number of hydrogen-bond donors (Lipinski definition) is 1. The first kappa shape index (κ1) is 24.3. The van der Waals surface area contributed by atoms with E-state index in [2.05, 4.69) is 4.98 Å². The molecule has 34 heavy (non-hydrogen) atoms. The van der Waals surface area contributed by atoms with E-state index in [0.717, 1.165) is 22.9 Å². The molecular formula is C22H13F6NO3S2. The molecule has 0 aliphatic carbocycles. The Balaban J connectivity index is 1.71. The summed E-state index contributed by atoms with van der Waals surface area (Å²) < 4.78 is 83.7. The number of nitrogens with zero attached hydrogens (tertiary/aromatic N) is 1. The van der Waals surface area contributed by atoms with Crippen LogP contribution in [0.2, 0.25) is 0 Å². The van der Waals surface area contributed by atoms with Gasteiger partial charge in [-0.05, 0) is 36.2 Å². The van der Waals surface area contributed by atoms with Crippen LogP contribution in [-0.2, 0) is 5.60 Å². The van der Waals surface area contributed by atoms with Gasteiger partial charge in [0.2, 0.25) is 0 Å². The summed E-state index contributed by atoms with van der Waals surface area (Å²) in [6.45, 7) is 1.90. The van der Waals surface area contributed by atoms with E-state index in [0.29, 0.717) is 22.0 Å². The molecule has 1 N–H and O–H groups in total. The fourth-order valence-corrected chi connectivity index (χ4v) is 5.38. The van der Waals surface area contributed by atoms with Crippen molar-refractivity contribution < 1.29 is 35.9 Å². The first-order valence-corrected chi connectivity index (χ1v) is 11.1. The van der Waals surface area contributed by atoms with Crippen molar-refractivity contribution in [3.05, 3.63) is 75.6 Å². The maximum Gasteiger partial charge on any atom is 0.431 e. The van der Waals surface area contributed by atoms with E-state index in [-0.39, 0.29) is 21.3 Å². The lowest BCUT2D eigenvalue weighted by molar-refractivity contribution is -0.375. The van der Waals surface area contributed by atoms with E-state index < -0.39 is 28.5 Å². The SMILES string of the molecule is Cc1cccc(-c2cc(=O)oc3cc(Sc4ncc(C(O)(C(F)(F)F)C(F)(F)F)s4)ccc23)c1. The normalized spacial score (nSPS) is 12.9. The van der Waals surface area contributed by atoms with Gasteiger partial charge in [-0.15, -0.1) is 11.3 Å². The van der Waals surface area contributed by atoms with Crippen LogP contribution in [0.4, 0.5) is 26.3 Å². The van der Waals surface area contributed by atoms with Crippen LogP contribution in [0.15, 0.2) is 73.2 Å². The third-order valence-electron chi connectivity index (χ3n) is 4.91. The Morgan fingerprint density at radius 2 is 1.71 bits per heavy atom. The number of benzene rings is 2. The molecule has 4 rings (SSSR count). The quantitative estimate of drug-likeness (QED) is 0.242. The van der Waals surface area contributed by atoms with Crippen molar-refractivity contribution in [2.75, 3.05) is 0 Å². The van der Waals surface area contributed by atoms with E-state index in [4.69, 9.17) is 4.42 Å². The summed E-state index contributed by atoms with van der Waals surface area (Å²) >= 11 is 0.838. The second-order valence-corrected chi connectivity index (χ2v) is 9.66. The number of hydrogen-bond acceptors (Lipinski definition) is 6. The highest BCUT2D eigenvalue weighted by Gasteiger charge is 2.72. The number of thiazole rings is 1. The molecule has 0 aliphatic rings. The maximum absolute atomic E-state index is 13.1. The van der Waals surface area contributed by atoms with Gasteiger partial charge in [0.1, 0.15) is 5.58 Å². The van der Waals surface area contributed by atoms with Crippen LogP contribution >= 0.6 is 23.1 Å². The van der Waals surface area contributed by atoms with Crippen LogP contribution in [0.5, 0.6) is 0 Å². The summed E-state index contributed by atoms with van der Waals surface area (Å²) in [5.74, 6) is 0. The zero-order valence-electron chi connectivity index (χ0n) is 17.0. The summed E-state index contributed by atoms with van der Waals surface area (Å²) in [5, 5.41) is 10.1. The summed E-state index contributed by atoms with van der Waals surface area (Å²) in [5.41, 5.74) is -3.10. The van der Waals surface area contributed by atoms with Crippen molar-refractivity contribution >= 4 is 34.1 Å². The largest absolute Gasteiger partial charge is 0.431 e. The molecule has 0 spiro atoms. The Morgan fingerprint density at radius 3 is 2.35 bits per heavy atom. The maximum atomic E-state index is 13.1. The van der Waals surface area contributed by atoms with Gasteiger partial charge < -0.3 is 9.52 Å². The zero-order valence-corrected chi connectivity index (χ0v) is 18.6. The van der Waals surface area contributed by atoms with Crippen molar-refractivity contribution in [1.82, 2.24) is 4.98 Å². The highest BCUT2D eigenvalue weighted by Crippen LogP contribution is 2.52. The third kappa shape index (κ3) is 4.32. The van der Waals surface area contributed by atoms with Gasteiger partial charge in [-0.3, -0.25) is 0 Å². The van der Waals surface area contributed by atoms with Gasteiger partial charge in [-0.1, -0.05) is 41.6 Å². The highest BCUT2D eigenvalue weighted by atomic mass is 32.2. The molecule has 2 heterocycles. The zero-order chi connectivity index (χ0) is 24.9. The summed E-state index contributed by atoms with van der Waals surface area (Å²) in [6.07, 6.45) is -11.6. The number of aromatic nitrogens is 1. The average Bonchev–Trinajstić information content (AvgIpc) is 3.19. The number of aliphatic hydroxyl groups is 1. The third-order valence-corrected chi connectivity index (χ3v) is 7.08. The fraction of sp³-hybridized carbons (Fsp3) is 0.182. The van der Waals surface area contributed by atoms with E-state index in [1.807, 2.05) is 31.2 Å². The predicted octanol–water partition coefficient (Wildman–Crippen LogP) is 6.69. The van der Waals surface area contributed by atoms with Crippen LogP contribution < -0.4 is 5.63 Å². The molecule has 0 fully saturated rings. The lowest BCUT2D eigenvalue weighted by atomic mass is 10.0. The van der Waals surface area contributed by atoms with E-state index >= 15 is 0 Å². The number of halogens is 6. The van der Waals surface area contributed by atoms with Gasteiger partial charge in [0.25, 0.3) is 5.60 Å². The molecule has 2 aromatic carbocycles. The van der Waals surface area contributed by atoms with Gasteiger partial charge >= 0.3 is 18.0 Å². The molecule has 0 saturated carbocycles. The number of alkyl halides is 6. The molecular weight excluding hydrogens is 504 g/mol. The Bertz CT molecular complexity index is 1410. The van der Waals surface area contributed by atoms with Crippen LogP contribution in [0.3, 0.4) is 0 Å². The Kier molecular flexibility index (Phi) is 6.03. The minimum atomic E-state index is -5.99. The predicted molar refractivity (Wildman–Crippen MR) is 115 cm³/mol. The Hall–Kier alpha value is -2.83. The first-order chi connectivity index (χ1) is 15.8. The smallest absolute Gasteiger partial charge is 0.423 e. The topological polar surface area (TPSA) is 63.3 Å². The molecule has 178 valence electrons. The monoisotopic (exact) mass is 517 g/mol.